The molecule has 0 bridgehead atoms. The van der Waals surface area contributed by atoms with E-state index >= 15 is 0 Å². The number of hydrogen-bond donors (Lipinski definition) is 1. The molecule has 0 fully saturated rings. The Hall–Kier alpha value is -0.730. The number of benzene rings is 1. The summed E-state index contributed by atoms with van der Waals surface area (Å²) in [6, 6.07) is 5.90. The first kappa shape index (κ1) is 14.3. The Balaban J connectivity index is 2.79. The molecule has 0 aliphatic heterocycles. The number of rotatable bonds is 7. The summed E-state index contributed by atoms with van der Waals surface area (Å²) >= 11 is 6.20. The molecule has 0 amide bonds. The quantitative estimate of drug-likeness (QED) is 0.795. The second-order valence-electron chi connectivity index (χ2n) is 4.23. The van der Waals surface area contributed by atoms with Crippen LogP contribution in [0, 0.1) is 0 Å². The van der Waals surface area contributed by atoms with Crippen LogP contribution in [0.25, 0.3) is 0 Å². The van der Waals surface area contributed by atoms with Crippen molar-refractivity contribution in [3.8, 4) is 5.75 Å². The summed E-state index contributed by atoms with van der Waals surface area (Å²) in [5.41, 5.74) is 1.13. The number of ether oxygens (including phenoxy) is 1. The van der Waals surface area contributed by atoms with Gasteiger partial charge in [0, 0.05) is 12.1 Å². The van der Waals surface area contributed by atoms with Crippen molar-refractivity contribution in [1.29, 1.82) is 0 Å². The fourth-order valence-corrected chi connectivity index (χ4v) is 1.99. The summed E-state index contributed by atoms with van der Waals surface area (Å²) in [6.45, 7) is 8.07. The Bertz CT molecular complexity index is 341. The van der Waals surface area contributed by atoms with E-state index in [1.54, 1.807) is 0 Å². The first-order valence-electron chi connectivity index (χ1n) is 6.33. The molecule has 0 saturated carbocycles. The average Bonchev–Trinajstić information content (AvgIpc) is 2.30. The lowest BCUT2D eigenvalue weighted by atomic mass is 10.2. The zero-order chi connectivity index (χ0) is 12.7. The summed E-state index contributed by atoms with van der Waals surface area (Å²) in [6.07, 6.45) is 2.38. The van der Waals surface area contributed by atoms with E-state index in [1.165, 1.54) is 0 Å². The normalized spacial score (nSPS) is 12.5. The smallest absolute Gasteiger partial charge is 0.142 e. The predicted octanol–water partition coefficient (Wildman–Crippen LogP) is 4.02. The van der Waals surface area contributed by atoms with Crippen molar-refractivity contribution in [2.75, 3.05) is 6.54 Å². The highest BCUT2D eigenvalue weighted by molar-refractivity contribution is 6.32. The Labute approximate surface area is 109 Å². The van der Waals surface area contributed by atoms with Crippen LogP contribution in [0.4, 0.5) is 0 Å². The van der Waals surface area contributed by atoms with E-state index in [0.717, 1.165) is 37.2 Å². The van der Waals surface area contributed by atoms with Gasteiger partial charge in [-0.1, -0.05) is 44.0 Å². The van der Waals surface area contributed by atoms with Crippen LogP contribution in [0.2, 0.25) is 5.02 Å². The van der Waals surface area contributed by atoms with E-state index in [1.807, 2.05) is 12.1 Å². The van der Waals surface area contributed by atoms with E-state index in [-0.39, 0.29) is 6.10 Å². The molecule has 2 nitrogen and oxygen atoms in total. The highest BCUT2D eigenvalue weighted by Gasteiger charge is 2.11. The van der Waals surface area contributed by atoms with E-state index < -0.39 is 0 Å². The summed E-state index contributed by atoms with van der Waals surface area (Å²) in [5.74, 6) is 0.830. The lowest BCUT2D eigenvalue weighted by Crippen LogP contribution is -2.16. The highest BCUT2D eigenvalue weighted by atomic mass is 35.5. The maximum absolute atomic E-state index is 6.20. The number of hydrogen-bond acceptors (Lipinski definition) is 2. The fraction of sp³-hybridized carbons (Fsp3) is 0.571. The second kappa shape index (κ2) is 7.57. The van der Waals surface area contributed by atoms with Gasteiger partial charge in [-0.2, -0.15) is 0 Å². The van der Waals surface area contributed by atoms with Gasteiger partial charge >= 0.3 is 0 Å². The molecular weight excluding hydrogens is 234 g/mol. The second-order valence-corrected chi connectivity index (χ2v) is 4.63. The van der Waals surface area contributed by atoms with Crippen molar-refractivity contribution < 1.29 is 4.74 Å². The molecule has 0 spiro atoms. The molecule has 0 aromatic heterocycles. The minimum absolute atomic E-state index is 0.209. The average molecular weight is 256 g/mol. The van der Waals surface area contributed by atoms with Gasteiger partial charge in [-0.15, -0.1) is 0 Å². The lowest BCUT2D eigenvalue weighted by Gasteiger charge is -2.18. The van der Waals surface area contributed by atoms with Crippen LogP contribution in [0.1, 0.15) is 39.2 Å². The van der Waals surface area contributed by atoms with Crippen molar-refractivity contribution in [2.24, 2.45) is 0 Å². The highest BCUT2D eigenvalue weighted by Crippen LogP contribution is 2.30. The number of halogens is 1. The third-order valence-corrected chi connectivity index (χ3v) is 2.93. The van der Waals surface area contributed by atoms with Crippen LogP contribution < -0.4 is 10.1 Å². The van der Waals surface area contributed by atoms with Gasteiger partial charge in [0.05, 0.1) is 11.1 Å². The Morgan fingerprint density at radius 2 is 2.12 bits per heavy atom. The largest absolute Gasteiger partial charge is 0.489 e. The molecule has 0 radical (unpaired) electrons. The van der Waals surface area contributed by atoms with Crippen LogP contribution in [0.5, 0.6) is 5.75 Å². The molecule has 0 aliphatic rings. The van der Waals surface area contributed by atoms with Crippen molar-refractivity contribution in [3.63, 3.8) is 0 Å². The Morgan fingerprint density at radius 1 is 1.35 bits per heavy atom. The van der Waals surface area contributed by atoms with Crippen molar-refractivity contribution >= 4 is 11.6 Å². The standard InChI is InChI=1S/C14H22ClNO/c1-4-7-11(3)17-14-12(10-16-5-2)8-6-9-13(14)15/h6,8-9,11,16H,4-5,7,10H2,1-3H3. The molecule has 1 aromatic carbocycles. The van der Waals surface area contributed by atoms with Gasteiger partial charge in [-0.3, -0.25) is 0 Å². The van der Waals surface area contributed by atoms with Gasteiger partial charge in [-0.05, 0) is 26.0 Å². The maximum atomic E-state index is 6.20. The zero-order valence-corrected chi connectivity index (χ0v) is 11.7. The molecule has 1 atom stereocenters. The number of nitrogens with one attached hydrogen (secondary N) is 1. The summed E-state index contributed by atoms with van der Waals surface area (Å²) in [7, 11) is 0. The molecular formula is C14H22ClNO. The SMILES string of the molecule is CCCC(C)Oc1c(Cl)cccc1CNCC. The topological polar surface area (TPSA) is 21.3 Å². The molecule has 3 heteroatoms. The molecule has 1 aromatic rings. The lowest BCUT2D eigenvalue weighted by molar-refractivity contribution is 0.207. The Morgan fingerprint density at radius 3 is 2.76 bits per heavy atom. The summed E-state index contributed by atoms with van der Waals surface area (Å²) in [5, 5.41) is 4.00. The maximum Gasteiger partial charge on any atom is 0.142 e. The molecule has 96 valence electrons. The minimum atomic E-state index is 0.209. The van der Waals surface area contributed by atoms with Crippen molar-refractivity contribution in [1.82, 2.24) is 5.32 Å². The van der Waals surface area contributed by atoms with Gasteiger partial charge in [0.25, 0.3) is 0 Å². The van der Waals surface area contributed by atoms with Gasteiger partial charge < -0.3 is 10.1 Å². The van der Waals surface area contributed by atoms with Gasteiger partial charge in [0.15, 0.2) is 0 Å². The predicted molar refractivity (Wildman–Crippen MR) is 73.8 cm³/mol. The van der Waals surface area contributed by atoms with E-state index in [4.69, 9.17) is 16.3 Å². The van der Waals surface area contributed by atoms with Crippen molar-refractivity contribution in [3.05, 3.63) is 28.8 Å². The molecule has 0 aliphatic carbocycles. The fourth-order valence-electron chi connectivity index (χ4n) is 1.75. The van der Waals surface area contributed by atoms with E-state index in [0.29, 0.717) is 5.02 Å². The number of para-hydroxylation sites is 1. The monoisotopic (exact) mass is 255 g/mol. The first-order valence-corrected chi connectivity index (χ1v) is 6.71. The van der Waals surface area contributed by atoms with E-state index in [9.17, 15) is 0 Å². The third kappa shape index (κ3) is 4.57. The summed E-state index contributed by atoms with van der Waals surface area (Å²) < 4.78 is 5.94. The molecule has 0 saturated heterocycles. The zero-order valence-electron chi connectivity index (χ0n) is 10.9. The summed E-state index contributed by atoms with van der Waals surface area (Å²) in [4.78, 5) is 0. The van der Waals surface area contributed by atoms with Crippen LogP contribution in [-0.2, 0) is 6.54 Å². The van der Waals surface area contributed by atoms with Crippen LogP contribution >= 0.6 is 11.6 Å². The van der Waals surface area contributed by atoms with Gasteiger partial charge in [-0.25, -0.2) is 0 Å². The van der Waals surface area contributed by atoms with E-state index in [2.05, 4.69) is 32.2 Å². The minimum Gasteiger partial charge on any atom is -0.489 e. The molecule has 1 unspecified atom stereocenters. The molecule has 17 heavy (non-hydrogen) atoms. The molecule has 1 N–H and O–H groups in total. The first-order chi connectivity index (χ1) is 8.19. The Kier molecular flexibility index (Phi) is 6.38. The van der Waals surface area contributed by atoms with Crippen molar-refractivity contribution in [2.45, 2.75) is 46.3 Å². The molecule has 0 heterocycles. The molecule has 1 rings (SSSR count). The third-order valence-electron chi connectivity index (χ3n) is 2.63. The van der Waals surface area contributed by atoms with Gasteiger partial charge in [0.1, 0.15) is 5.75 Å². The van der Waals surface area contributed by atoms with Crippen LogP contribution in [0.15, 0.2) is 18.2 Å². The van der Waals surface area contributed by atoms with Crippen LogP contribution in [0.3, 0.4) is 0 Å². The van der Waals surface area contributed by atoms with Crippen LogP contribution in [-0.4, -0.2) is 12.6 Å². The van der Waals surface area contributed by atoms with Gasteiger partial charge in [0.2, 0.25) is 0 Å².